The molecular formula is C21H25ClN2O3S. The van der Waals surface area contributed by atoms with Crippen LogP contribution in [-0.2, 0) is 14.8 Å². The summed E-state index contributed by atoms with van der Waals surface area (Å²) in [5.74, 6) is 0.563. The molecule has 1 saturated carbocycles. The maximum atomic E-state index is 12.8. The summed E-state index contributed by atoms with van der Waals surface area (Å²) in [6.07, 6.45) is 6.27. The minimum Gasteiger partial charge on any atom is -0.326 e. The van der Waals surface area contributed by atoms with E-state index < -0.39 is 10.0 Å². The second-order valence-electron chi connectivity index (χ2n) is 7.33. The van der Waals surface area contributed by atoms with Crippen LogP contribution in [0.4, 0.5) is 11.4 Å². The van der Waals surface area contributed by atoms with Crippen molar-refractivity contribution in [3.8, 4) is 0 Å². The molecule has 1 aliphatic carbocycles. The van der Waals surface area contributed by atoms with E-state index in [1.165, 1.54) is 31.7 Å². The molecule has 0 aromatic heterocycles. The van der Waals surface area contributed by atoms with Gasteiger partial charge in [-0.05, 0) is 61.2 Å². The largest absolute Gasteiger partial charge is 0.326 e. The molecule has 0 bridgehead atoms. The number of aryl methyl sites for hydroxylation is 1. The molecule has 0 aliphatic heterocycles. The van der Waals surface area contributed by atoms with E-state index in [-0.39, 0.29) is 10.8 Å². The zero-order chi connectivity index (χ0) is 20.1. The molecule has 3 rings (SSSR count). The second-order valence-corrected chi connectivity index (χ2v) is 9.42. The predicted octanol–water partition coefficient (Wildman–Crippen LogP) is 5.36. The monoisotopic (exact) mass is 420 g/mol. The number of hydrogen-bond acceptors (Lipinski definition) is 3. The fourth-order valence-corrected chi connectivity index (χ4v) is 5.01. The van der Waals surface area contributed by atoms with E-state index in [4.69, 9.17) is 11.6 Å². The Morgan fingerprint density at radius 3 is 2.39 bits per heavy atom. The van der Waals surface area contributed by atoms with Gasteiger partial charge >= 0.3 is 0 Å². The molecule has 0 heterocycles. The number of benzene rings is 2. The topological polar surface area (TPSA) is 75.3 Å². The van der Waals surface area contributed by atoms with Crippen LogP contribution in [0.15, 0.2) is 47.4 Å². The number of rotatable bonds is 7. The van der Waals surface area contributed by atoms with Crippen molar-refractivity contribution in [3.05, 3.63) is 53.1 Å². The summed E-state index contributed by atoms with van der Waals surface area (Å²) in [5.41, 5.74) is 1.51. The summed E-state index contributed by atoms with van der Waals surface area (Å²) in [6, 6.07) is 11.4. The van der Waals surface area contributed by atoms with Crippen LogP contribution in [-0.4, -0.2) is 14.3 Å². The van der Waals surface area contributed by atoms with Gasteiger partial charge in [-0.1, -0.05) is 43.4 Å². The van der Waals surface area contributed by atoms with Gasteiger partial charge in [0.15, 0.2) is 0 Å². The molecule has 1 aliphatic rings. The third-order valence-corrected chi connectivity index (χ3v) is 6.89. The normalized spacial score (nSPS) is 14.8. The van der Waals surface area contributed by atoms with Crippen molar-refractivity contribution < 1.29 is 13.2 Å². The first-order valence-electron chi connectivity index (χ1n) is 9.52. The van der Waals surface area contributed by atoms with Gasteiger partial charge in [0.1, 0.15) is 0 Å². The van der Waals surface area contributed by atoms with Gasteiger partial charge in [0.25, 0.3) is 10.0 Å². The zero-order valence-electron chi connectivity index (χ0n) is 15.9. The summed E-state index contributed by atoms with van der Waals surface area (Å²) < 4.78 is 28.1. The fraction of sp³-hybridized carbons (Fsp3) is 0.381. The second kappa shape index (κ2) is 8.97. The highest BCUT2D eigenvalue weighted by Crippen LogP contribution is 2.29. The summed E-state index contributed by atoms with van der Waals surface area (Å²) >= 11 is 5.84. The zero-order valence-corrected chi connectivity index (χ0v) is 17.4. The van der Waals surface area contributed by atoms with Crippen LogP contribution in [0.2, 0.25) is 5.02 Å². The van der Waals surface area contributed by atoms with Gasteiger partial charge in [0, 0.05) is 22.8 Å². The van der Waals surface area contributed by atoms with Gasteiger partial charge in [-0.25, -0.2) is 8.42 Å². The van der Waals surface area contributed by atoms with Crippen LogP contribution in [0.25, 0.3) is 0 Å². The Kier molecular flexibility index (Phi) is 6.62. The number of halogens is 1. The van der Waals surface area contributed by atoms with Gasteiger partial charge < -0.3 is 5.32 Å². The maximum Gasteiger partial charge on any atom is 0.262 e. The molecule has 0 saturated heterocycles. The van der Waals surface area contributed by atoms with Crippen molar-refractivity contribution in [1.82, 2.24) is 0 Å². The van der Waals surface area contributed by atoms with Crippen molar-refractivity contribution >= 4 is 38.9 Å². The molecule has 0 radical (unpaired) electrons. The van der Waals surface area contributed by atoms with Gasteiger partial charge in [-0.2, -0.15) is 0 Å². The number of carbonyl (C=O) groups excluding carboxylic acids is 1. The van der Waals surface area contributed by atoms with E-state index in [1.807, 2.05) is 0 Å². The Bertz CT molecular complexity index is 937. The quantitative estimate of drug-likeness (QED) is 0.633. The van der Waals surface area contributed by atoms with E-state index in [0.717, 1.165) is 6.42 Å². The van der Waals surface area contributed by atoms with Crippen molar-refractivity contribution in [3.63, 3.8) is 0 Å². The standard InChI is InChI=1S/C21H25ClN2O3S/c1-15-6-10-19(23-21(25)13-7-16-4-2-3-5-16)14-20(15)28(26,27)24-18-11-8-17(22)9-12-18/h6,8-12,14,16,24H,2-5,7,13H2,1H3,(H,23,25). The lowest BCUT2D eigenvalue weighted by atomic mass is 10.0. The molecule has 2 aromatic rings. The van der Waals surface area contributed by atoms with Gasteiger partial charge in [-0.15, -0.1) is 0 Å². The lowest BCUT2D eigenvalue weighted by Crippen LogP contribution is -2.16. The highest BCUT2D eigenvalue weighted by Gasteiger charge is 2.19. The van der Waals surface area contributed by atoms with E-state index >= 15 is 0 Å². The molecule has 28 heavy (non-hydrogen) atoms. The van der Waals surface area contributed by atoms with Crippen molar-refractivity contribution in [2.24, 2.45) is 5.92 Å². The molecule has 0 unspecified atom stereocenters. The number of anilines is 2. The van der Waals surface area contributed by atoms with E-state index in [0.29, 0.717) is 34.3 Å². The third kappa shape index (κ3) is 5.49. The Hall–Kier alpha value is -2.05. The summed E-state index contributed by atoms with van der Waals surface area (Å²) in [5, 5.41) is 3.36. The smallest absolute Gasteiger partial charge is 0.262 e. The molecule has 2 aromatic carbocycles. The van der Waals surface area contributed by atoms with E-state index in [9.17, 15) is 13.2 Å². The fourth-order valence-electron chi connectivity index (χ4n) is 3.55. The van der Waals surface area contributed by atoms with Crippen LogP contribution < -0.4 is 10.0 Å². The van der Waals surface area contributed by atoms with Crippen LogP contribution in [0.5, 0.6) is 0 Å². The minimum absolute atomic E-state index is 0.0789. The first-order chi connectivity index (χ1) is 13.3. The average Bonchev–Trinajstić information content (AvgIpc) is 3.17. The molecule has 150 valence electrons. The summed E-state index contributed by atoms with van der Waals surface area (Å²) in [7, 11) is -3.78. The lowest BCUT2D eigenvalue weighted by Gasteiger charge is -2.13. The van der Waals surface area contributed by atoms with Crippen LogP contribution >= 0.6 is 11.6 Å². The number of sulfonamides is 1. The van der Waals surface area contributed by atoms with Gasteiger partial charge in [0.05, 0.1) is 4.90 Å². The molecule has 5 nitrogen and oxygen atoms in total. The average molecular weight is 421 g/mol. The van der Waals surface area contributed by atoms with E-state index in [2.05, 4.69) is 10.0 Å². The van der Waals surface area contributed by atoms with E-state index in [1.54, 1.807) is 43.3 Å². The van der Waals surface area contributed by atoms with Crippen LogP contribution in [0.1, 0.15) is 44.1 Å². The van der Waals surface area contributed by atoms with Crippen molar-refractivity contribution in [2.75, 3.05) is 10.0 Å². The number of amides is 1. The first-order valence-corrected chi connectivity index (χ1v) is 11.4. The highest BCUT2D eigenvalue weighted by molar-refractivity contribution is 7.92. The highest BCUT2D eigenvalue weighted by atomic mass is 35.5. The van der Waals surface area contributed by atoms with Gasteiger partial charge in [-0.3, -0.25) is 9.52 Å². The Balaban J connectivity index is 1.69. The Labute approximate surface area is 171 Å². The Morgan fingerprint density at radius 1 is 1.07 bits per heavy atom. The van der Waals surface area contributed by atoms with Gasteiger partial charge in [0.2, 0.25) is 5.91 Å². The number of nitrogens with one attached hydrogen (secondary N) is 2. The Morgan fingerprint density at radius 2 is 1.71 bits per heavy atom. The molecule has 7 heteroatoms. The number of hydrogen-bond donors (Lipinski definition) is 2. The number of carbonyl (C=O) groups is 1. The van der Waals surface area contributed by atoms with Crippen LogP contribution in [0, 0.1) is 12.8 Å². The maximum absolute atomic E-state index is 12.8. The SMILES string of the molecule is Cc1ccc(NC(=O)CCC2CCCC2)cc1S(=O)(=O)Nc1ccc(Cl)cc1. The molecule has 2 N–H and O–H groups in total. The predicted molar refractivity (Wildman–Crippen MR) is 113 cm³/mol. The van der Waals surface area contributed by atoms with Crippen molar-refractivity contribution in [2.45, 2.75) is 50.3 Å². The van der Waals surface area contributed by atoms with Crippen molar-refractivity contribution in [1.29, 1.82) is 0 Å². The third-order valence-electron chi connectivity index (χ3n) is 5.11. The molecular weight excluding hydrogens is 396 g/mol. The first kappa shape index (κ1) is 20.7. The lowest BCUT2D eigenvalue weighted by molar-refractivity contribution is -0.116. The molecule has 1 fully saturated rings. The summed E-state index contributed by atoms with van der Waals surface area (Å²) in [4.78, 5) is 12.4. The molecule has 1 amide bonds. The molecule has 0 spiro atoms. The minimum atomic E-state index is -3.78. The summed E-state index contributed by atoms with van der Waals surface area (Å²) in [6.45, 7) is 1.72. The molecule has 0 atom stereocenters. The van der Waals surface area contributed by atoms with Crippen LogP contribution in [0.3, 0.4) is 0 Å².